The summed E-state index contributed by atoms with van der Waals surface area (Å²) in [6.07, 6.45) is 0. The van der Waals surface area contributed by atoms with E-state index in [2.05, 4.69) is 35.3 Å². The third-order valence-corrected chi connectivity index (χ3v) is 4.81. The first-order valence-corrected chi connectivity index (χ1v) is 9.23. The molecule has 1 saturated heterocycles. The van der Waals surface area contributed by atoms with Gasteiger partial charge in [0.05, 0.1) is 0 Å². The number of hydrogen-bond donors (Lipinski definition) is 2. The molecule has 0 saturated carbocycles. The number of carbonyl (C=O) groups is 2. The molecular formula is C21H26N4O2. The van der Waals surface area contributed by atoms with Crippen molar-refractivity contribution < 1.29 is 9.59 Å². The lowest BCUT2D eigenvalue weighted by molar-refractivity contribution is -0.146. The number of hydrogen-bond acceptors (Lipinski definition) is 4. The molecule has 0 aromatic heterocycles. The van der Waals surface area contributed by atoms with Gasteiger partial charge in [0.15, 0.2) is 0 Å². The molecule has 0 spiro atoms. The average molecular weight is 366 g/mol. The van der Waals surface area contributed by atoms with Crippen molar-refractivity contribution in [2.24, 2.45) is 5.73 Å². The molecule has 2 amide bonds. The summed E-state index contributed by atoms with van der Waals surface area (Å²) in [6.45, 7) is 5.37. The molecule has 0 aliphatic carbocycles. The summed E-state index contributed by atoms with van der Waals surface area (Å²) in [5.41, 5.74) is 9.93. The second-order valence-corrected chi connectivity index (χ2v) is 6.83. The van der Waals surface area contributed by atoms with E-state index in [4.69, 9.17) is 5.73 Å². The minimum absolute atomic E-state index is 0.321. The van der Waals surface area contributed by atoms with Crippen molar-refractivity contribution in [2.75, 3.05) is 31.1 Å². The van der Waals surface area contributed by atoms with Gasteiger partial charge >= 0.3 is 11.8 Å². The molecule has 2 aromatic carbocycles. The lowest BCUT2D eigenvalue weighted by atomic mass is 10.1. The lowest BCUT2D eigenvalue weighted by Crippen LogP contribution is -2.52. The number of amides is 2. The second kappa shape index (κ2) is 8.68. The van der Waals surface area contributed by atoms with E-state index in [1.807, 2.05) is 30.3 Å². The van der Waals surface area contributed by atoms with Gasteiger partial charge in [0.1, 0.15) is 0 Å². The molecule has 6 nitrogen and oxygen atoms in total. The smallest absolute Gasteiger partial charge is 0.312 e. The van der Waals surface area contributed by atoms with Crippen LogP contribution in [0.5, 0.6) is 0 Å². The van der Waals surface area contributed by atoms with Crippen LogP contribution in [0, 0.1) is 6.92 Å². The van der Waals surface area contributed by atoms with Gasteiger partial charge in [-0.05, 0) is 35.7 Å². The molecule has 1 heterocycles. The predicted octanol–water partition coefficient (Wildman–Crippen LogP) is 1.42. The van der Waals surface area contributed by atoms with Crippen molar-refractivity contribution >= 4 is 17.5 Å². The Labute approximate surface area is 159 Å². The third-order valence-electron chi connectivity index (χ3n) is 4.81. The molecule has 0 bridgehead atoms. The summed E-state index contributed by atoms with van der Waals surface area (Å²) >= 11 is 0. The van der Waals surface area contributed by atoms with E-state index >= 15 is 0 Å². The normalized spacial score (nSPS) is 14.1. The Kier molecular flexibility index (Phi) is 6.08. The summed E-state index contributed by atoms with van der Waals surface area (Å²) in [5.74, 6) is -1.02. The molecule has 6 heteroatoms. The number of rotatable bonds is 4. The van der Waals surface area contributed by atoms with Gasteiger partial charge in [-0.15, -0.1) is 0 Å². The quantitative estimate of drug-likeness (QED) is 0.802. The van der Waals surface area contributed by atoms with Crippen LogP contribution in [0.1, 0.15) is 16.7 Å². The van der Waals surface area contributed by atoms with Crippen molar-refractivity contribution in [3.05, 3.63) is 65.2 Å². The van der Waals surface area contributed by atoms with Crippen LogP contribution >= 0.6 is 0 Å². The lowest BCUT2D eigenvalue weighted by Gasteiger charge is -2.35. The minimum Gasteiger partial charge on any atom is -0.368 e. The molecule has 142 valence electrons. The van der Waals surface area contributed by atoms with Crippen LogP contribution in [0.25, 0.3) is 0 Å². The standard InChI is InChI=1S/C21H26N4O2/c1-16-4-2-7-19(12-16)24-8-10-25(11-9-24)21(27)20(26)23-15-18-6-3-5-17(13-18)14-22/h2-7,12-13H,8-11,14-15,22H2,1H3,(H,23,26). The number of aryl methyl sites for hydroxylation is 1. The first kappa shape index (κ1) is 18.9. The molecule has 0 atom stereocenters. The SMILES string of the molecule is Cc1cccc(N2CCN(C(=O)C(=O)NCc3cccc(CN)c3)CC2)c1. The van der Waals surface area contributed by atoms with E-state index in [0.29, 0.717) is 26.2 Å². The van der Waals surface area contributed by atoms with Gasteiger partial charge in [0.25, 0.3) is 0 Å². The van der Waals surface area contributed by atoms with Crippen molar-refractivity contribution in [2.45, 2.75) is 20.0 Å². The van der Waals surface area contributed by atoms with Crippen LogP contribution in [0.2, 0.25) is 0 Å². The molecule has 1 fully saturated rings. The third kappa shape index (κ3) is 4.86. The molecule has 27 heavy (non-hydrogen) atoms. The zero-order valence-corrected chi connectivity index (χ0v) is 15.6. The van der Waals surface area contributed by atoms with Crippen molar-refractivity contribution in [3.63, 3.8) is 0 Å². The summed E-state index contributed by atoms with van der Waals surface area (Å²) in [5, 5.41) is 2.71. The Bertz CT molecular complexity index is 813. The van der Waals surface area contributed by atoms with Crippen LogP contribution in [0.15, 0.2) is 48.5 Å². The second-order valence-electron chi connectivity index (χ2n) is 6.83. The summed E-state index contributed by atoms with van der Waals surface area (Å²) < 4.78 is 0. The Morgan fingerprint density at radius 1 is 1.00 bits per heavy atom. The summed E-state index contributed by atoms with van der Waals surface area (Å²) in [4.78, 5) is 28.5. The van der Waals surface area contributed by atoms with Gasteiger partial charge in [-0.25, -0.2) is 0 Å². The van der Waals surface area contributed by atoms with E-state index in [-0.39, 0.29) is 0 Å². The molecule has 3 rings (SSSR count). The minimum atomic E-state index is -0.558. The van der Waals surface area contributed by atoms with Crippen LogP contribution in [-0.2, 0) is 22.7 Å². The van der Waals surface area contributed by atoms with Crippen molar-refractivity contribution in [3.8, 4) is 0 Å². The zero-order valence-electron chi connectivity index (χ0n) is 15.6. The maximum absolute atomic E-state index is 12.4. The van der Waals surface area contributed by atoms with E-state index in [9.17, 15) is 9.59 Å². The number of nitrogens with one attached hydrogen (secondary N) is 1. The Balaban J connectivity index is 1.50. The molecule has 0 unspecified atom stereocenters. The summed E-state index contributed by atoms with van der Waals surface area (Å²) in [6, 6.07) is 16.0. The topological polar surface area (TPSA) is 78.7 Å². The fourth-order valence-corrected chi connectivity index (χ4v) is 3.26. The number of piperazine rings is 1. The monoisotopic (exact) mass is 366 g/mol. The largest absolute Gasteiger partial charge is 0.368 e. The number of nitrogens with two attached hydrogens (primary N) is 1. The Morgan fingerprint density at radius 2 is 1.70 bits per heavy atom. The molecule has 0 radical (unpaired) electrons. The first-order chi connectivity index (χ1) is 13.1. The van der Waals surface area contributed by atoms with Crippen LogP contribution in [0.3, 0.4) is 0 Å². The van der Waals surface area contributed by atoms with Crippen molar-refractivity contribution in [1.29, 1.82) is 0 Å². The molecular weight excluding hydrogens is 340 g/mol. The van der Waals surface area contributed by atoms with E-state index in [0.717, 1.165) is 29.9 Å². The Morgan fingerprint density at radius 3 is 2.41 bits per heavy atom. The maximum Gasteiger partial charge on any atom is 0.312 e. The molecule has 1 aliphatic heterocycles. The fourth-order valence-electron chi connectivity index (χ4n) is 3.26. The highest BCUT2D eigenvalue weighted by molar-refractivity contribution is 6.35. The molecule has 2 aromatic rings. The number of carbonyl (C=O) groups excluding carboxylic acids is 2. The van der Waals surface area contributed by atoms with E-state index < -0.39 is 11.8 Å². The highest BCUT2D eigenvalue weighted by atomic mass is 16.2. The van der Waals surface area contributed by atoms with Crippen LogP contribution in [-0.4, -0.2) is 42.9 Å². The first-order valence-electron chi connectivity index (χ1n) is 9.23. The fraction of sp³-hybridized carbons (Fsp3) is 0.333. The van der Waals surface area contributed by atoms with Gasteiger partial charge < -0.3 is 20.9 Å². The predicted molar refractivity (Wildman–Crippen MR) is 106 cm³/mol. The van der Waals surface area contributed by atoms with E-state index in [1.165, 1.54) is 5.56 Å². The zero-order chi connectivity index (χ0) is 19.2. The summed E-state index contributed by atoms with van der Waals surface area (Å²) in [7, 11) is 0. The highest BCUT2D eigenvalue weighted by Gasteiger charge is 2.25. The van der Waals surface area contributed by atoms with Gasteiger partial charge in [0.2, 0.25) is 0 Å². The van der Waals surface area contributed by atoms with E-state index in [1.54, 1.807) is 4.90 Å². The average Bonchev–Trinajstić information content (AvgIpc) is 2.71. The van der Waals surface area contributed by atoms with Crippen LogP contribution < -0.4 is 16.0 Å². The maximum atomic E-state index is 12.4. The van der Waals surface area contributed by atoms with Crippen LogP contribution in [0.4, 0.5) is 5.69 Å². The number of nitrogens with zero attached hydrogens (tertiary/aromatic N) is 2. The molecule has 1 aliphatic rings. The van der Waals surface area contributed by atoms with Crippen molar-refractivity contribution in [1.82, 2.24) is 10.2 Å². The molecule has 3 N–H and O–H groups in total. The van der Waals surface area contributed by atoms with Gasteiger partial charge in [-0.1, -0.05) is 36.4 Å². The van der Waals surface area contributed by atoms with Gasteiger partial charge in [-0.2, -0.15) is 0 Å². The highest BCUT2D eigenvalue weighted by Crippen LogP contribution is 2.17. The van der Waals surface area contributed by atoms with Gasteiger partial charge in [-0.3, -0.25) is 9.59 Å². The number of anilines is 1. The van der Waals surface area contributed by atoms with Gasteiger partial charge in [0, 0.05) is 45.0 Å². The number of benzene rings is 2. The Hall–Kier alpha value is -2.86.